The van der Waals surface area contributed by atoms with Crippen molar-refractivity contribution in [1.82, 2.24) is 14.1 Å². The van der Waals surface area contributed by atoms with Crippen molar-refractivity contribution in [3.63, 3.8) is 0 Å². The van der Waals surface area contributed by atoms with Crippen molar-refractivity contribution in [2.45, 2.75) is 0 Å². The summed E-state index contributed by atoms with van der Waals surface area (Å²) in [7, 11) is 0. The van der Waals surface area contributed by atoms with Crippen LogP contribution in [0, 0.1) is 0 Å². The minimum absolute atomic E-state index is 1.08. The highest BCUT2D eigenvalue weighted by Gasteiger charge is 2.21. The molecule has 5 aromatic carbocycles. The minimum Gasteiger partial charge on any atom is -0.309 e. The van der Waals surface area contributed by atoms with Crippen LogP contribution in [0.5, 0.6) is 0 Å². The van der Waals surface area contributed by atoms with Crippen molar-refractivity contribution >= 4 is 43.6 Å². The fourth-order valence-corrected chi connectivity index (χ4v) is 6.04. The molecule has 0 fully saturated rings. The number of benzene rings is 5. The maximum Gasteiger partial charge on any atom is 0.0723 e. The van der Waals surface area contributed by atoms with E-state index in [1.54, 1.807) is 0 Å². The highest BCUT2D eigenvalue weighted by atomic mass is 15.0. The van der Waals surface area contributed by atoms with E-state index in [9.17, 15) is 0 Å². The van der Waals surface area contributed by atoms with Gasteiger partial charge in [0, 0.05) is 39.0 Å². The predicted molar refractivity (Wildman–Crippen MR) is 158 cm³/mol. The number of pyridine rings is 1. The lowest BCUT2D eigenvalue weighted by Gasteiger charge is -2.13. The summed E-state index contributed by atoms with van der Waals surface area (Å²) in [6.07, 6.45) is 3.87. The van der Waals surface area contributed by atoms with Gasteiger partial charge in [-0.1, -0.05) is 91.0 Å². The van der Waals surface area contributed by atoms with Gasteiger partial charge in [-0.3, -0.25) is 4.98 Å². The lowest BCUT2D eigenvalue weighted by Crippen LogP contribution is -1.98. The number of rotatable bonds is 3. The van der Waals surface area contributed by atoms with Gasteiger partial charge >= 0.3 is 0 Å². The van der Waals surface area contributed by atoms with Crippen LogP contribution < -0.4 is 0 Å². The van der Waals surface area contributed by atoms with Crippen LogP contribution in [0.25, 0.3) is 66.1 Å². The Kier molecular flexibility index (Phi) is 4.52. The van der Waals surface area contributed by atoms with E-state index >= 15 is 0 Å². The lowest BCUT2D eigenvalue weighted by atomic mass is 10.1. The highest BCUT2D eigenvalue weighted by molar-refractivity contribution is 6.26. The average molecular weight is 486 g/mol. The van der Waals surface area contributed by atoms with Gasteiger partial charge in [0.2, 0.25) is 0 Å². The first-order chi connectivity index (χ1) is 18.9. The standard InChI is InChI=1S/C35H23N3/c1-3-11-24(12-4-1)26-21-22-36-23-33(26)38-31-18-10-8-16-29(31)34-32(38)20-19-28-27-15-7-9-17-30(27)37(35(28)34)25-13-5-2-6-14-25/h1-23H. The molecule has 0 amide bonds. The SMILES string of the molecule is c1ccc(-c2ccncc2-n2c3ccccc3c3c2ccc2c4ccccc4n(-c4ccccc4)c23)cc1. The Balaban J connectivity index is 1.58. The van der Waals surface area contributed by atoms with Crippen LogP contribution >= 0.6 is 0 Å². The molecule has 0 aliphatic rings. The zero-order valence-electron chi connectivity index (χ0n) is 20.6. The highest BCUT2D eigenvalue weighted by Crippen LogP contribution is 2.42. The summed E-state index contributed by atoms with van der Waals surface area (Å²) in [6.45, 7) is 0. The molecule has 8 rings (SSSR count). The van der Waals surface area contributed by atoms with E-state index in [1.165, 1.54) is 49.2 Å². The fraction of sp³-hybridized carbons (Fsp3) is 0. The normalized spacial score (nSPS) is 11.7. The van der Waals surface area contributed by atoms with Crippen molar-refractivity contribution in [2.24, 2.45) is 0 Å². The summed E-state index contributed by atoms with van der Waals surface area (Å²) in [5.74, 6) is 0. The average Bonchev–Trinajstić information content (AvgIpc) is 3.51. The van der Waals surface area contributed by atoms with E-state index in [4.69, 9.17) is 0 Å². The summed E-state index contributed by atoms with van der Waals surface area (Å²) >= 11 is 0. The van der Waals surface area contributed by atoms with Gasteiger partial charge < -0.3 is 9.13 Å². The molecular weight excluding hydrogens is 462 g/mol. The molecule has 0 radical (unpaired) electrons. The molecule has 0 bridgehead atoms. The zero-order chi connectivity index (χ0) is 25.1. The van der Waals surface area contributed by atoms with Gasteiger partial charge in [-0.15, -0.1) is 0 Å². The molecule has 0 aliphatic heterocycles. The Morgan fingerprint density at radius 3 is 1.92 bits per heavy atom. The van der Waals surface area contributed by atoms with Crippen LogP contribution in [0.4, 0.5) is 0 Å². The van der Waals surface area contributed by atoms with E-state index in [0.29, 0.717) is 0 Å². The first-order valence-corrected chi connectivity index (χ1v) is 12.9. The molecule has 0 N–H and O–H groups in total. The number of para-hydroxylation sites is 3. The second-order valence-corrected chi connectivity index (χ2v) is 9.66. The Bertz CT molecular complexity index is 2120. The molecule has 178 valence electrons. The van der Waals surface area contributed by atoms with Crippen LogP contribution in [0.1, 0.15) is 0 Å². The minimum atomic E-state index is 1.08. The zero-order valence-corrected chi connectivity index (χ0v) is 20.6. The van der Waals surface area contributed by atoms with E-state index in [0.717, 1.165) is 16.9 Å². The van der Waals surface area contributed by atoms with Gasteiger partial charge in [-0.05, 0) is 42.0 Å². The molecular formula is C35H23N3. The molecule has 0 saturated heterocycles. The maximum atomic E-state index is 4.58. The van der Waals surface area contributed by atoms with E-state index in [-0.39, 0.29) is 0 Å². The van der Waals surface area contributed by atoms with E-state index < -0.39 is 0 Å². The third kappa shape index (κ3) is 2.93. The van der Waals surface area contributed by atoms with Crippen LogP contribution in [0.15, 0.2) is 140 Å². The van der Waals surface area contributed by atoms with Gasteiger partial charge in [-0.25, -0.2) is 0 Å². The van der Waals surface area contributed by atoms with Gasteiger partial charge in [0.1, 0.15) is 0 Å². The Labute approximate surface area is 219 Å². The first kappa shape index (κ1) is 21.0. The molecule has 0 saturated carbocycles. The van der Waals surface area contributed by atoms with Crippen LogP contribution in [0.2, 0.25) is 0 Å². The molecule has 0 unspecified atom stereocenters. The monoisotopic (exact) mass is 485 g/mol. The summed E-state index contributed by atoms with van der Waals surface area (Å²) in [6, 6.07) is 45.4. The van der Waals surface area contributed by atoms with Gasteiger partial charge in [0.15, 0.2) is 0 Å². The molecule has 3 nitrogen and oxygen atoms in total. The maximum absolute atomic E-state index is 4.58. The number of hydrogen-bond donors (Lipinski definition) is 0. The predicted octanol–water partition coefficient (Wildman–Crippen LogP) is 8.94. The van der Waals surface area contributed by atoms with Crippen molar-refractivity contribution in [3.8, 4) is 22.5 Å². The number of aromatic nitrogens is 3. The van der Waals surface area contributed by atoms with Crippen LogP contribution in [-0.4, -0.2) is 14.1 Å². The quantitative estimate of drug-likeness (QED) is 0.245. The van der Waals surface area contributed by atoms with E-state index in [1.807, 2.05) is 12.4 Å². The molecule has 0 atom stereocenters. The van der Waals surface area contributed by atoms with Crippen molar-refractivity contribution in [3.05, 3.63) is 140 Å². The van der Waals surface area contributed by atoms with Crippen molar-refractivity contribution in [1.29, 1.82) is 0 Å². The molecule has 0 spiro atoms. The van der Waals surface area contributed by atoms with Gasteiger partial charge in [-0.2, -0.15) is 0 Å². The molecule has 3 heteroatoms. The van der Waals surface area contributed by atoms with Gasteiger partial charge in [0.25, 0.3) is 0 Å². The fourth-order valence-electron chi connectivity index (χ4n) is 6.04. The summed E-state index contributed by atoms with van der Waals surface area (Å²) in [4.78, 5) is 4.58. The third-order valence-electron chi connectivity index (χ3n) is 7.61. The number of fused-ring (bicyclic) bond motifs is 7. The van der Waals surface area contributed by atoms with E-state index in [2.05, 4.69) is 142 Å². The summed E-state index contributed by atoms with van der Waals surface area (Å²) in [5.41, 5.74) is 9.36. The second-order valence-electron chi connectivity index (χ2n) is 9.66. The Morgan fingerprint density at radius 1 is 0.474 bits per heavy atom. The van der Waals surface area contributed by atoms with Gasteiger partial charge in [0.05, 0.1) is 34.0 Å². The molecule has 0 aliphatic carbocycles. The molecule has 8 aromatic rings. The first-order valence-electron chi connectivity index (χ1n) is 12.9. The van der Waals surface area contributed by atoms with Crippen LogP contribution in [-0.2, 0) is 0 Å². The number of hydrogen-bond acceptors (Lipinski definition) is 1. The Hall–Kier alpha value is -5.15. The van der Waals surface area contributed by atoms with Crippen molar-refractivity contribution < 1.29 is 0 Å². The lowest BCUT2D eigenvalue weighted by molar-refractivity contribution is 1.14. The van der Waals surface area contributed by atoms with Crippen molar-refractivity contribution in [2.75, 3.05) is 0 Å². The topological polar surface area (TPSA) is 22.8 Å². The third-order valence-corrected chi connectivity index (χ3v) is 7.61. The summed E-state index contributed by atoms with van der Waals surface area (Å²) in [5, 5.41) is 5.00. The smallest absolute Gasteiger partial charge is 0.0723 e. The second kappa shape index (κ2) is 8.19. The summed E-state index contributed by atoms with van der Waals surface area (Å²) < 4.78 is 4.80. The number of nitrogens with zero attached hydrogens (tertiary/aromatic N) is 3. The largest absolute Gasteiger partial charge is 0.309 e. The van der Waals surface area contributed by atoms with Crippen LogP contribution in [0.3, 0.4) is 0 Å². The molecule has 3 aromatic heterocycles. The molecule has 38 heavy (non-hydrogen) atoms. The Morgan fingerprint density at radius 2 is 1.13 bits per heavy atom. The molecule has 3 heterocycles.